The first-order valence-electron chi connectivity index (χ1n) is 12.1. The molecule has 2 heterocycles. The minimum atomic E-state index is -1.12. The molecular formula is C27H36FN3O2. The predicted octanol–water partition coefficient (Wildman–Crippen LogP) is 4.43. The number of piperidine rings is 1. The molecule has 0 radical (unpaired) electrons. The molecule has 0 aromatic heterocycles. The van der Waals surface area contributed by atoms with Gasteiger partial charge in [-0.05, 0) is 87.5 Å². The van der Waals surface area contributed by atoms with E-state index in [0.717, 1.165) is 49.3 Å². The van der Waals surface area contributed by atoms with Crippen LogP contribution in [0.2, 0.25) is 0 Å². The molecule has 6 heteroatoms. The van der Waals surface area contributed by atoms with Gasteiger partial charge in [0.2, 0.25) is 0 Å². The third kappa shape index (κ3) is 6.55. The second kappa shape index (κ2) is 10.2. The van der Waals surface area contributed by atoms with Crippen molar-refractivity contribution in [2.75, 3.05) is 44.6 Å². The Morgan fingerprint density at radius 3 is 2.15 bits per heavy atom. The first-order chi connectivity index (χ1) is 15.8. The summed E-state index contributed by atoms with van der Waals surface area (Å²) in [6.07, 6.45) is 2.45. The average Bonchev–Trinajstić information content (AvgIpc) is 3.24. The summed E-state index contributed by atoms with van der Waals surface area (Å²) >= 11 is 0. The summed E-state index contributed by atoms with van der Waals surface area (Å²) < 4.78 is 13.8. The fourth-order valence-corrected chi connectivity index (χ4v) is 4.84. The average molecular weight is 454 g/mol. The van der Waals surface area contributed by atoms with Gasteiger partial charge >= 0.3 is 0 Å². The predicted molar refractivity (Wildman–Crippen MR) is 131 cm³/mol. The van der Waals surface area contributed by atoms with E-state index in [9.17, 15) is 14.3 Å². The van der Waals surface area contributed by atoms with Gasteiger partial charge in [0.15, 0.2) is 0 Å². The number of hydrogen-bond donors (Lipinski definition) is 2. The van der Waals surface area contributed by atoms with Crippen LogP contribution in [0, 0.1) is 5.92 Å². The molecule has 0 aliphatic carbocycles. The molecule has 2 fully saturated rings. The van der Waals surface area contributed by atoms with E-state index < -0.39 is 11.8 Å². The molecule has 178 valence electrons. The lowest BCUT2D eigenvalue weighted by atomic mass is 9.95. The number of carbonyl (C=O) groups excluding carboxylic acids is 1. The molecule has 2 aromatic rings. The lowest BCUT2D eigenvalue weighted by Gasteiger charge is -2.34. The molecule has 1 amide bonds. The van der Waals surface area contributed by atoms with Crippen molar-refractivity contribution in [3.63, 3.8) is 0 Å². The Kier molecular flexibility index (Phi) is 7.35. The number of carbonyl (C=O) groups is 1. The van der Waals surface area contributed by atoms with E-state index in [2.05, 4.69) is 34.5 Å². The van der Waals surface area contributed by atoms with Crippen molar-refractivity contribution in [3.8, 4) is 11.1 Å². The topological polar surface area (TPSA) is 55.8 Å². The largest absolute Gasteiger partial charge is 0.391 e. The summed E-state index contributed by atoms with van der Waals surface area (Å²) in [4.78, 5) is 16.5. The standard InChI is InChI=1S/C27H36FN3O2/c1-27(2,28)19-30-14-11-20(12-15-30)17-29-24-9-7-22(8-10-24)21-3-5-23(6-4-21)26(33)31-16-13-25(32)18-31/h3-10,20,25,29,32H,11-19H2,1-2H3/t25-/m0/s1. The Bertz CT molecular complexity index is 916. The fourth-order valence-electron chi connectivity index (χ4n) is 4.84. The molecule has 2 saturated heterocycles. The molecular weight excluding hydrogens is 417 g/mol. The highest BCUT2D eigenvalue weighted by Crippen LogP contribution is 2.25. The third-order valence-corrected chi connectivity index (χ3v) is 6.70. The van der Waals surface area contributed by atoms with E-state index in [1.807, 2.05) is 24.3 Å². The number of aliphatic hydroxyl groups excluding tert-OH is 1. The van der Waals surface area contributed by atoms with Crippen LogP contribution in [0.4, 0.5) is 10.1 Å². The number of halogens is 1. The highest BCUT2D eigenvalue weighted by molar-refractivity contribution is 5.95. The van der Waals surface area contributed by atoms with Crippen molar-refractivity contribution in [1.29, 1.82) is 0 Å². The molecule has 4 rings (SSSR count). The Balaban J connectivity index is 1.26. The maximum Gasteiger partial charge on any atom is 0.253 e. The zero-order valence-electron chi connectivity index (χ0n) is 19.8. The second-order valence-electron chi connectivity index (χ2n) is 10.2. The molecule has 5 nitrogen and oxygen atoms in total. The van der Waals surface area contributed by atoms with E-state index in [1.165, 1.54) is 0 Å². The van der Waals surface area contributed by atoms with Gasteiger partial charge in [0.1, 0.15) is 5.67 Å². The first-order valence-corrected chi connectivity index (χ1v) is 12.1. The van der Waals surface area contributed by atoms with Gasteiger partial charge in [-0.25, -0.2) is 4.39 Å². The number of likely N-dealkylation sites (tertiary alicyclic amines) is 2. The second-order valence-corrected chi connectivity index (χ2v) is 10.2. The Hall–Kier alpha value is -2.44. The van der Waals surface area contributed by atoms with Crippen molar-refractivity contribution < 1.29 is 14.3 Å². The maximum absolute atomic E-state index is 13.8. The number of anilines is 1. The van der Waals surface area contributed by atoms with Crippen LogP contribution in [0.5, 0.6) is 0 Å². The third-order valence-electron chi connectivity index (χ3n) is 6.70. The van der Waals surface area contributed by atoms with Crippen LogP contribution >= 0.6 is 0 Å². The number of nitrogens with zero attached hydrogens (tertiary/aromatic N) is 2. The highest BCUT2D eigenvalue weighted by Gasteiger charge is 2.26. The van der Waals surface area contributed by atoms with Crippen LogP contribution in [0.3, 0.4) is 0 Å². The molecule has 2 aliphatic rings. The molecule has 2 aromatic carbocycles. The van der Waals surface area contributed by atoms with Crippen LogP contribution in [0.25, 0.3) is 11.1 Å². The molecule has 2 N–H and O–H groups in total. The van der Waals surface area contributed by atoms with Gasteiger partial charge in [0.05, 0.1) is 6.10 Å². The van der Waals surface area contributed by atoms with Crippen molar-refractivity contribution in [3.05, 3.63) is 54.1 Å². The van der Waals surface area contributed by atoms with Crippen LogP contribution in [0.1, 0.15) is 43.5 Å². The van der Waals surface area contributed by atoms with Crippen molar-refractivity contribution in [2.24, 2.45) is 5.92 Å². The van der Waals surface area contributed by atoms with E-state index in [-0.39, 0.29) is 5.91 Å². The van der Waals surface area contributed by atoms with Crippen LogP contribution in [0.15, 0.2) is 48.5 Å². The lowest BCUT2D eigenvalue weighted by molar-refractivity contribution is 0.0765. The number of rotatable bonds is 7. The monoisotopic (exact) mass is 453 g/mol. The fraction of sp³-hybridized carbons (Fsp3) is 0.519. The van der Waals surface area contributed by atoms with E-state index in [4.69, 9.17) is 0 Å². The minimum absolute atomic E-state index is 0.0168. The van der Waals surface area contributed by atoms with E-state index in [1.54, 1.807) is 18.7 Å². The molecule has 0 saturated carbocycles. The molecule has 2 aliphatic heterocycles. The summed E-state index contributed by atoms with van der Waals surface area (Å²) in [7, 11) is 0. The van der Waals surface area contributed by atoms with Gasteiger partial charge in [-0.1, -0.05) is 24.3 Å². The SMILES string of the molecule is CC(C)(F)CN1CCC(CNc2ccc(-c3ccc(C(=O)N4CC[C@H](O)C4)cc3)cc2)CC1. The van der Waals surface area contributed by atoms with Crippen LogP contribution in [-0.4, -0.2) is 71.9 Å². The van der Waals surface area contributed by atoms with Gasteiger partial charge in [0.25, 0.3) is 5.91 Å². The van der Waals surface area contributed by atoms with Crippen LogP contribution in [-0.2, 0) is 0 Å². The smallest absolute Gasteiger partial charge is 0.253 e. The quantitative estimate of drug-likeness (QED) is 0.651. The van der Waals surface area contributed by atoms with Crippen molar-refractivity contribution in [1.82, 2.24) is 9.80 Å². The lowest BCUT2D eigenvalue weighted by Crippen LogP contribution is -2.42. The minimum Gasteiger partial charge on any atom is -0.391 e. The summed E-state index contributed by atoms with van der Waals surface area (Å²) in [5, 5.41) is 13.2. The number of nitrogens with one attached hydrogen (secondary N) is 1. The Morgan fingerprint density at radius 1 is 1.00 bits per heavy atom. The zero-order valence-corrected chi connectivity index (χ0v) is 19.8. The van der Waals surface area contributed by atoms with Gasteiger partial charge in [-0.2, -0.15) is 0 Å². The highest BCUT2D eigenvalue weighted by atomic mass is 19.1. The van der Waals surface area contributed by atoms with E-state index >= 15 is 0 Å². The van der Waals surface area contributed by atoms with Crippen LogP contribution < -0.4 is 5.32 Å². The molecule has 0 spiro atoms. The zero-order chi connectivity index (χ0) is 23.4. The molecule has 0 bridgehead atoms. The number of alkyl halides is 1. The number of amides is 1. The number of aliphatic hydroxyl groups is 1. The summed E-state index contributed by atoms with van der Waals surface area (Å²) in [6, 6.07) is 16.1. The number of benzene rings is 2. The van der Waals surface area contributed by atoms with Crippen molar-refractivity contribution >= 4 is 11.6 Å². The van der Waals surface area contributed by atoms with Crippen molar-refractivity contribution in [2.45, 2.75) is 44.9 Å². The van der Waals surface area contributed by atoms with Gasteiger partial charge in [-0.15, -0.1) is 0 Å². The molecule has 1 atom stereocenters. The molecule has 0 unspecified atom stereocenters. The van der Waals surface area contributed by atoms with Gasteiger partial charge < -0.3 is 20.2 Å². The number of β-amino-alcohol motifs (C(OH)–C–C–N with tert-alkyl or cyclic N) is 1. The van der Waals surface area contributed by atoms with Gasteiger partial charge in [-0.3, -0.25) is 4.79 Å². The summed E-state index contributed by atoms with van der Waals surface area (Å²) in [5.41, 5.74) is 2.82. The molecule has 33 heavy (non-hydrogen) atoms. The Labute approximate surface area is 196 Å². The maximum atomic E-state index is 13.8. The normalized spacial score (nSPS) is 20.2. The van der Waals surface area contributed by atoms with Gasteiger partial charge in [0, 0.05) is 37.4 Å². The van der Waals surface area contributed by atoms with E-state index in [0.29, 0.717) is 37.5 Å². The Morgan fingerprint density at radius 2 is 1.61 bits per heavy atom. The number of hydrogen-bond acceptors (Lipinski definition) is 4. The summed E-state index contributed by atoms with van der Waals surface area (Å²) in [5.74, 6) is 0.599. The first kappa shape index (κ1) is 23.7. The summed E-state index contributed by atoms with van der Waals surface area (Å²) in [6.45, 7) is 7.73.